The monoisotopic (exact) mass is 578 g/mol. The summed E-state index contributed by atoms with van der Waals surface area (Å²) in [6.07, 6.45) is -14.3. The van der Waals surface area contributed by atoms with Gasteiger partial charge in [0.15, 0.2) is 6.23 Å². The van der Waals surface area contributed by atoms with E-state index >= 15 is 0 Å². The van der Waals surface area contributed by atoms with Crippen LogP contribution in [-0.2, 0) is 32.0 Å². The largest absolute Gasteiger partial charge is 0.756 e. The Balaban J connectivity index is 1.56. The van der Waals surface area contributed by atoms with E-state index in [1.165, 1.54) is 0 Å². The van der Waals surface area contributed by atoms with E-state index in [4.69, 9.17) is 14.6 Å². The van der Waals surface area contributed by atoms with Crippen molar-refractivity contribution in [1.29, 1.82) is 0 Å². The summed E-state index contributed by atoms with van der Waals surface area (Å²) in [4.78, 5) is 48.9. The molecule has 3 heterocycles. The molecule has 0 aliphatic carbocycles. The second-order valence-corrected chi connectivity index (χ2v) is 11.0. The van der Waals surface area contributed by atoms with E-state index in [0.717, 1.165) is 12.3 Å². The smallest absolute Gasteiger partial charge is 0.330 e. The minimum absolute atomic E-state index is 0.710. The van der Waals surface area contributed by atoms with E-state index in [1.54, 1.807) is 0 Å². The van der Waals surface area contributed by atoms with Gasteiger partial charge in [-0.2, -0.15) is 0 Å². The van der Waals surface area contributed by atoms with Crippen molar-refractivity contribution in [2.24, 2.45) is 0 Å². The van der Waals surface area contributed by atoms with Crippen molar-refractivity contribution < 1.29 is 72.4 Å². The van der Waals surface area contributed by atoms with Gasteiger partial charge in [0.25, 0.3) is 21.2 Å². The van der Waals surface area contributed by atoms with Crippen LogP contribution >= 0.6 is 15.6 Å². The number of nitrogens with one attached hydrogen (secondary N) is 1. The maximum Gasteiger partial charge on any atom is 0.330 e. The van der Waals surface area contributed by atoms with Crippen molar-refractivity contribution in [3.63, 3.8) is 0 Å². The lowest BCUT2D eigenvalue weighted by Crippen LogP contribution is -2.59. The second-order valence-electron chi connectivity index (χ2n) is 8.00. The molecule has 21 heteroatoms. The van der Waals surface area contributed by atoms with Gasteiger partial charge < -0.3 is 58.9 Å². The van der Waals surface area contributed by atoms with Crippen LogP contribution in [0.1, 0.15) is 6.23 Å². The van der Waals surface area contributed by atoms with Gasteiger partial charge in [-0.25, -0.2) is 9.11 Å². The number of aliphatic hydroxyl groups is 6. The van der Waals surface area contributed by atoms with Crippen molar-refractivity contribution in [3.8, 4) is 0 Å². The summed E-state index contributed by atoms with van der Waals surface area (Å²) in [7, 11) is -11.4. The number of rotatable bonds is 10. The summed E-state index contributed by atoms with van der Waals surface area (Å²) in [5.74, 6) is 0. The fourth-order valence-corrected chi connectivity index (χ4v) is 5.56. The summed E-state index contributed by atoms with van der Waals surface area (Å²) in [5.41, 5.74) is -1.76. The zero-order valence-electron chi connectivity index (χ0n) is 18.5. The van der Waals surface area contributed by atoms with Crippen molar-refractivity contribution in [3.05, 3.63) is 33.1 Å². The Morgan fingerprint density at radius 3 is 1.92 bits per heavy atom. The average Bonchev–Trinajstić information content (AvgIpc) is 3.09. The molecule has 2 aliphatic heterocycles. The van der Waals surface area contributed by atoms with Crippen LogP contribution in [-0.4, -0.2) is 109 Å². The molecule has 0 saturated carbocycles. The molecular formula is C16H24N2O17P2-2. The molecule has 212 valence electrons. The van der Waals surface area contributed by atoms with Crippen molar-refractivity contribution in [2.45, 2.75) is 55.1 Å². The van der Waals surface area contributed by atoms with E-state index in [2.05, 4.69) is 13.4 Å². The van der Waals surface area contributed by atoms with Crippen LogP contribution in [0.2, 0.25) is 0 Å². The van der Waals surface area contributed by atoms with E-state index in [0.29, 0.717) is 4.57 Å². The number of aromatic nitrogens is 2. The van der Waals surface area contributed by atoms with Gasteiger partial charge in [-0.05, 0) is 0 Å². The highest BCUT2D eigenvalue weighted by Gasteiger charge is 2.45. The molecule has 3 rings (SSSR count). The molecule has 2 unspecified atom stereocenters. The molecule has 2 aliphatic rings. The number of hydrogen-bond acceptors (Lipinski definition) is 17. The molecule has 7 N–H and O–H groups in total. The summed E-state index contributed by atoms with van der Waals surface area (Å²) in [6.45, 7) is -2.98. The Morgan fingerprint density at radius 2 is 1.38 bits per heavy atom. The van der Waals surface area contributed by atoms with Gasteiger partial charge >= 0.3 is 5.69 Å². The van der Waals surface area contributed by atoms with Crippen LogP contribution in [0, 0.1) is 0 Å². The summed E-state index contributed by atoms with van der Waals surface area (Å²) in [5, 5.41) is 58.6. The van der Waals surface area contributed by atoms with Crippen LogP contribution < -0.4 is 21.0 Å². The lowest BCUT2D eigenvalue weighted by molar-refractivity contribution is -0.256. The second kappa shape index (κ2) is 11.8. The molecule has 0 spiro atoms. The first-order chi connectivity index (χ1) is 17.2. The Bertz CT molecular complexity index is 1140. The molecule has 0 bridgehead atoms. The molecule has 0 amide bonds. The quantitative estimate of drug-likeness (QED) is 0.127. The fourth-order valence-electron chi connectivity index (χ4n) is 3.54. The summed E-state index contributed by atoms with van der Waals surface area (Å²) in [6, 6.07) is 0.920. The van der Waals surface area contributed by atoms with Gasteiger partial charge in [-0.3, -0.25) is 23.5 Å². The minimum atomic E-state index is -5.72. The Hall–Kier alpha value is -1.38. The summed E-state index contributed by atoms with van der Waals surface area (Å²) < 4.78 is 47.5. The Labute approximate surface area is 206 Å². The van der Waals surface area contributed by atoms with Crippen molar-refractivity contribution >= 4 is 15.6 Å². The van der Waals surface area contributed by atoms with E-state index in [9.17, 15) is 54.0 Å². The maximum atomic E-state index is 12.0. The average molecular weight is 578 g/mol. The molecule has 0 radical (unpaired) electrons. The number of aliphatic hydroxyl groups excluding tert-OH is 6. The third-order valence-corrected chi connectivity index (χ3v) is 7.98. The van der Waals surface area contributed by atoms with Gasteiger partial charge in [-0.1, -0.05) is 0 Å². The molecule has 37 heavy (non-hydrogen) atoms. The van der Waals surface area contributed by atoms with E-state index < -0.39 is 102 Å². The first kappa shape index (κ1) is 30.2. The molecule has 0 aromatic carbocycles. The highest BCUT2D eigenvalue weighted by atomic mass is 31.3. The van der Waals surface area contributed by atoms with E-state index in [-0.39, 0.29) is 0 Å². The number of phosphoric ester groups is 2. The lowest BCUT2D eigenvalue weighted by Gasteiger charge is -2.40. The number of phosphoric acid groups is 2. The van der Waals surface area contributed by atoms with Gasteiger partial charge in [-0.15, -0.1) is 0 Å². The SMILES string of the molecule is O=c1ccn([C@@H]2O[C@H](COP(=O)([O-])OP(=O)([O-])OC[C@H]3O[C@H](CO)[C@H](O)[C@H](O)[C@H]3O)[C@@H](O)[C@H]2O)c(=O)[nH]1. The first-order valence-corrected chi connectivity index (χ1v) is 13.3. The van der Waals surface area contributed by atoms with Gasteiger partial charge in [0.1, 0.15) is 48.8 Å². The van der Waals surface area contributed by atoms with Crippen molar-refractivity contribution in [1.82, 2.24) is 9.55 Å². The predicted molar refractivity (Wildman–Crippen MR) is 109 cm³/mol. The third kappa shape index (κ3) is 7.18. The highest BCUT2D eigenvalue weighted by Crippen LogP contribution is 2.56. The van der Waals surface area contributed by atoms with Crippen LogP contribution in [0.3, 0.4) is 0 Å². The van der Waals surface area contributed by atoms with Crippen LogP contribution in [0.4, 0.5) is 0 Å². The normalized spacial score (nSPS) is 37.7. The number of hydrogen-bond donors (Lipinski definition) is 7. The Morgan fingerprint density at radius 1 is 0.865 bits per heavy atom. The molecule has 1 aromatic rings. The summed E-state index contributed by atoms with van der Waals surface area (Å²) >= 11 is 0. The zero-order chi connectivity index (χ0) is 27.7. The number of H-pyrrole nitrogens is 1. The van der Waals surface area contributed by atoms with E-state index in [1.807, 2.05) is 4.98 Å². The molecular weight excluding hydrogens is 554 g/mol. The first-order valence-electron chi connectivity index (χ1n) is 10.4. The topological polar surface area (TPSA) is 303 Å². The van der Waals surface area contributed by atoms with Crippen molar-refractivity contribution in [2.75, 3.05) is 19.8 Å². The number of aromatic amines is 1. The molecule has 1 aromatic heterocycles. The number of ether oxygens (including phenoxy) is 2. The van der Waals surface area contributed by atoms with Crippen LogP contribution in [0.15, 0.2) is 21.9 Å². The minimum Gasteiger partial charge on any atom is -0.756 e. The van der Waals surface area contributed by atoms with Gasteiger partial charge in [0.05, 0.1) is 19.8 Å². The highest BCUT2D eigenvalue weighted by molar-refractivity contribution is 7.59. The molecule has 2 fully saturated rings. The molecule has 19 nitrogen and oxygen atoms in total. The molecule has 2 saturated heterocycles. The lowest BCUT2D eigenvalue weighted by atomic mass is 9.95. The standard InChI is InChI=1S/C16H26N2O17P2/c19-3-6-10(21)13(24)11(22)7(33-6)4-31-36(27,28)35-37(29,30)32-5-8-12(23)14(25)15(34-8)18-2-1-9(20)17-16(18)26/h1-2,6-8,10-15,19,21-25H,3-5H2,(H,27,28)(H,29,30)(H,17,20,26)/p-2/t6-,7-,8-,10+,11+,12-,13+,14-,15-/m1/s1. The van der Waals surface area contributed by atoms with Gasteiger partial charge in [0, 0.05) is 12.3 Å². The predicted octanol–water partition coefficient (Wildman–Crippen LogP) is -6.02. The van der Waals surface area contributed by atoms with Crippen LogP contribution in [0.25, 0.3) is 0 Å². The fraction of sp³-hybridized carbons (Fsp3) is 0.750. The zero-order valence-corrected chi connectivity index (χ0v) is 20.3. The molecule has 11 atom stereocenters. The van der Waals surface area contributed by atoms with Crippen LogP contribution in [0.5, 0.6) is 0 Å². The Kier molecular flexibility index (Phi) is 9.61. The van der Waals surface area contributed by atoms with Gasteiger partial charge in [0.2, 0.25) is 0 Å². The maximum absolute atomic E-state index is 12.0. The third-order valence-electron chi connectivity index (χ3n) is 5.45. The number of nitrogens with zero attached hydrogens (tertiary/aromatic N) is 1.